The maximum atomic E-state index is 11.3. The summed E-state index contributed by atoms with van der Waals surface area (Å²) in [6.07, 6.45) is 4.86. The number of aldehydes is 1. The molecule has 0 aromatic heterocycles. The third kappa shape index (κ3) is 3.57. The van der Waals surface area contributed by atoms with E-state index in [0.29, 0.717) is 6.29 Å². The van der Waals surface area contributed by atoms with Crippen molar-refractivity contribution in [3.63, 3.8) is 0 Å². The second-order valence-electron chi connectivity index (χ2n) is 3.58. The summed E-state index contributed by atoms with van der Waals surface area (Å²) in [6.45, 7) is 1.88. The van der Waals surface area contributed by atoms with E-state index in [4.69, 9.17) is 4.74 Å². The third-order valence-corrected chi connectivity index (χ3v) is 2.43. The van der Waals surface area contributed by atoms with Crippen LogP contribution in [0.1, 0.15) is 32.6 Å². The molecule has 1 aliphatic rings. The quantitative estimate of drug-likeness (QED) is 0.464. The summed E-state index contributed by atoms with van der Waals surface area (Å²) < 4.78 is 4.77. The predicted molar refractivity (Wildman–Crippen MR) is 48.1 cm³/mol. The van der Waals surface area contributed by atoms with E-state index >= 15 is 0 Å². The Labute approximate surface area is 78.5 Å². The van der Waals surface area contributed by atoms with E-state index in [0.717, 1.165) is 18.8 Å². The van der Waals surface area contributed by atoms with Crippen LogP contribution in [0.5, 0.6) is 0 Å². The van der Waals surface area contributed by atoms with Gasteiger partial charge in [0.25, 0.3) is 0 Å². The molecule has 0 aliphatic heterocycles. The summed E-state index contributed by atoms with van der Waals surface area (Å²) in [4.78, 5) is 21.3. The summed E-state index contributed by atoms with van der Waals surface area (Å²) in [7, 11) is 0. The van der Waals surface area contributed by atoms with E-state index in [1.54, 1.807) is 0 Å². The van der Waals surface area contributed by atoms with Gasteiger partial charge in [0, 0.05) is 0 Å². The Hall–Kier alpha value is -0.860. The fraction of sp³-hybridized carbons (Fsp3) is 0.800. The number of carbonyl (C=O) groups is 2. The monoisotopic (exact) mass is 184 g/mol. The van der Waals surface area contributed by atoms with Crippen molar-refractivity contribution in [1.82, 2.24) is 0 Å². The number of esters is 1. The van der Waals surface area contributed by atoms with Gasteiger partial charge in [-0.25, -0.2) is 0 Å². The summed E-state index contributed by atoms with van der Waals surface area (Å²) in [5, 5.41) is 0. The van der Waals surface area contributed by atoms with Crippen LogP contribution in [-0.4, -0.2) is 18.9 Å². The van der Waals surface area contributed by atoms with E-state index in [2.05, 4.69) is 0 Å². The van der Waals surface area contributed by atoms with Gasteiger partial charge < -0.3 is 4.74 Å². The van der Waals surface area contributed by atoms with Crippen molar-refractivity contribution in [2.75, 3.05) is 6.61 Å². The summed E-state index contributed by atoms with van der Waals surface area (Å²) in [5.74, 6) is 0.530. The van der Waals surface area contributed by atoms with Gasteiger partial charge >= 0.3 is 5.97 Å². The molecule has 3 nitrogen and oxygen atoms in total. The Morgan fingerprint density at radius 2 is 2.31 bits per heavy atom. The van der Waals surface area contributed by atoms with E-state index in [9.17, 15) is 9.59 Å². The number of hydrogen-bond acceptors (Lipinski definition) is 3. The minimum Gasteiger partial charge on any atom is -0.458 e. The molecule has 0 amide bonds. The summed E-state index contributed by atoms with van der Waals surface area (Å²) in [5.41, 5.74) is 0. The number of hydrogen-bond donors (Lipinski definition) is 0. The van der Waals surface area contributed by atoms with Crippen molar-refractivity contribution in [3.8, 4) is 0 Å². The maximum Gasteiger partial charge on any atom is 0.309 e. The van der Waals surface area contributed by atoms with Crippen molar-refractivity contribution in [2.45, 2.75) is 32.6 Å². The summed E-state index contributed by atoms with van der Waals surface area (Å²) in [6, 6.07) is 0. The van der Waals surface area contributed by atoms with Gasteiger partial charge in [0.05, 0.1) is 5.92 Å². The molecular formula is C10H16O3. The van der Waals surface area contributed by atoms with Gasteiger partial charge in [-0.3, -0.25) is 9.59 Å². The Balaban J connectivity index is 2.25. The SMILES string of the molecule is CCC(CC1CC1)C(=O)OCC=O. The fourth-order valence-electron chi connectivity index (χ4n) is 1.42. The van der Waals surface area contributed by atoms with Crippen LogP contribution in [0.3, 0.4) is 0 Å². The van der Waals surface area contributed by atoms with Crippen molar-refractivity contribution < 1.29 is 14.3 Å². The standard InChI is InChI=1S/C10H16O3/c1-2-9(7-8-3-4-8)10(12)13-6-5-11/h5,8-9H,2-4,6-7H2,1H3. The topological polar surface area (TPSA) is 43.4 Å². The Kier molecular flexibility index (Phi) is 3.93. The zero-order valence-corrected chi connectivity index (χ0v) is 7.99. The fourth-order valence-corrected chi connectivity index (χ4v) is 1.42. The lowest BCUT2D eigenvalue weighted by Crippen LogP contribution is -2.18. The Bertz CT molecular complexity index is 185. The number of carbonyl (C=O) groups excluding carboxylic acids is 2. The van der Waals surface area contributed by atoms with Crippen LogP contribution >= 0.6 is 0 Å². The molecule has 1 atom stereocenters. The third-order valence-electron chi connectivity index (χ3n) is 2.43. The Morgan fingerprint density at radius 3 is 2.77 bits per heavy atom. The minimum absolute atomic E-state index is 0.00690. The van der Waals surface area contributed by atoms with Crippen molar-refractivity contribution >= 4 is 12.3 Å². The smallest absolute Gasteiger partial charge is 0.309 e. The van der Waals surface area contributed by atoms with Gasteiger partial charge in [-0.1, -0.05) is 19.8 Å². The average Bonchev–Trinajstić information content (AvgIpc) is 2.93. The van der Waals surface area contributed by atoms with Crippen LogP contribution in [0.4, 0.5) is 0 Å². The van der Waals surface area contributed by atoms with Crippen molar-refractivity contribution in [1.29, 1.82) is 0 Å². The summed E-state index contributed by atoms with van der Waals surface area (Å²) >= 11 is 0. The van der Waals surface area contributed by atoms with Crippen LogP contribution in [-0.2, 0) is 14.3 Å². The van der Waals surface area contributed by atoms with Gasteiger partial charge in [-0.2, -0.15) is 0 Å². The molecule has 0 radical (unpaired) electrons. The molecule has 0 spiro atoms. The molecule has 1 fully saturated rings. The van der Waals surface area contributed by atoms with E-state index in [1.165, 1.54) is 12.8 Å². The Morgan fingerprint density at radius 1 is 1.62 bits per heavy atom. The van der Waals surface area contributed by atoms with Gasteiger partial charge in [0.2, 0.25) is 0 Å². The second kappa shape index (κ2) is 5.00. The molecule has 74 valence electrons. The highest BCUT2D eigenvalue weighted by molar-refractivity contribution is 5.74. The van der Waals surface area contributed by atoms with Gasteiger partial charge in [0.1, 0.15) is 6.61 Å². The molecule has 3 heteroatoms. The van der Waals surface area contributed by atoms with Crippen molar-refractivity contribution in [3.05, 3.63) is 0 Å². The van der Waals surface area contributed by atoms with Crippen LogP contribution in [0.15, 0.2) is 0 Å². The number of rotatable bonds is 6. The number of ether oxygens (including phenoxy) is 1. The zero-order chi connectivity index (χ0) is 9.68. The van der Waals surface area contributed by atoms with Gasteiger partial charge in [0.15, 0.2) is 6.29 Å². The molecule has 0 aromatic carbocycles. The molecule has 0 aromatic rings. The lowest BCUT2D eigenvalue weighted by atomic mass is 10.00. The molecule has 0 saturated heterocycles. The van der Waals surface area contributed by atoms with E-state index in [1.807, 2.05) is 6.92 Å². The van der Waals surface area contributed by atoms with E-state index in [-0.39, 0.29) is 18.5 Å². The first-order chi connectivity index (χ1) is 6.27. The molecule has 0 bridgehead atoms. The van der Waals surface area contributed by atoms with Crippen LogP contribution < -0.4 is 0 Å². The van der Waals surface area contributed by atoms with Gasteiger partial charge in [-0.15, -0.1) is 0 Å². The molecule has 1 saturated carbocycles. The molecule has 0 N–H and O–H groups in total. The van der Waals surface area contributed by atoms with Crippen LogP contribution in [0, 0.1) is 11.8 Å². The molecular weight excluding hydrogens is 168 g/mol. The van der Waals surface area contributed by atoms with Gasteiger partial charge in [-0.05, 0) is 18.8 Å². The highest BCUT2D eigenvalue weighted by Crippen LogP contribution is 2.36. The van der Waals surface area contributed by atoms with E-state index < -0.39 is 0 Å². The van der Waals surface area contributed by atoms with Crippen molar-refractivity contribution in [2.24, 2.45) is 11.8 Å². The largest absolute Gasteiger partial charge is 0.458 e. The molecule has 13 heavy (non-hydrogen) atoms. The first-order valence-electron chi connectivity index (χ1n) is 4.88. The molecule has 1 unspecified atom stereocenters. The average molecular weight is 184 g/mol. The molecule has 1 rings (SSSR count). The molecule has 0 heterocycles. The highest BCUT2D eigenvalue weighted by atomic mass is 16.5. The predicted octanol–water partition coefficient (Wildman–Crippen LogP) is 1.55. The highest BCUT2D eigenvalue weighted by Gasteiger charge is 2.28. The molecule has 1 aliphatic carbocycles. The lowest BCUT2D eigenvalue weighted by molar-refractivity contribution is -0.150. The first-order valence-corrected chi connectivity index (χ1v) is 4.88. The zero-order valence-electron chi connectivity index (χ0n) is 7.99. The second-order valence-corrected chi connectivity index (χ2v) is 3.58. The van der Waals surface area contributed by atoms with Crippen LogP contribution in [0.2, 0.25) is 0 Å². The first kappa shape index (κ1) is 10.2. The maximum absolute atomic E-state index is 11.3. The lowest BCUT2D eigenvalue weighted by Gasteiger charge is -2.11. The minimum atomic E-state index is -0.207. The normalized spacial score (nSPS) is 17.9. The van der Waals surface area contributed by atoms with Crippen LogP contribution in [0.25, 0.3) is 0 Å².